The topological polar surface area (TPSA) is 65.0 Å². The number of benzene rings is 1. The Morgan fingerprint density at radius 1 is 1.38 bits per heavy atom. The summed E-state index contributed by atoms with van der Waals surface area (Å²) in [7, 11) is 0. The fraction of sp³-hybridized carbons (Fsp3) is 0.533. The third kappa shape index (κ3) is 4.69. The summed E-state index contributed by atoms with van der Waals surface area (Å²) in [6.45, 7) is 2.86. The van der Waals surface area contributed by atoms with Crippen LogP contribution in [0.25, 0.3) is 0 Å². The maximum Gasteiger partial charge on any atom is 0.364 e. The van der Waals surface area contributed by atoms with Gasteiger partial charge in [-0.1, -0.05) is 15.9 Å². The monoisotopic (exact) mass is 358 g/mol. The Morgan fingerprint density at radius 2 is 2.00 bits per heavy atom. The van der Waals surface area contributed by atoms with Crippen molar-refractivity contribution in [2.24, 2.45) is 5.92 Å². The second-order valence-corrected chi connectivity index (χ2v) is 6.10. The van der Waals surface area contributed by atoms with Gasteiger partial charge in [-0.05, 0) is 37.1 Å². The molecule has 0 aliphatic carbocycles. The van der Waals surface area contributed by atoms with E-state index in [1.807, 2.05) is 24.3 Å². The average molecular weight is 359 g/mol. The molecule has 0 amide bonds. The molecular weight excluding hydrogens is 340 g/mol. The first-order valence-electron chi connectivity index (χ1n) is 6.89. The van der Waals surface area contributed by atoms with Crippen molar-refractivity contribution in [2.45, 2.75) is 25.6 Å². The maximum absolute atomic E-state index is 11.0. The van der Waals surface area contributed by atoms with Crippen LogP contribution in [0.1, 0.15) is 19.8 Å². The molecule has 0 unspecified atom stereocenters. The first-order chi connectivity index (χ1) is 9.99. The highest BCUT2D eigenvalue weighted by Gasteiger charge is 2.40. The van der Waals surface area contributed by atoms with Crippen molar-refractivity contribution in [3.63, 3.8) is 0 Å². The van der Waals surface area contributed by atoms with E-state index in [1.165, 1.54) is 6.92 Å². The molecule has 0 radical (unpaired) electrons. The van der Waals surface area contributed by atoms with Gasteiger partial charge in [-0.15, -0.1) is 0 Å². The van der Waals surface area contributed by atoms with E-state index >= 15 is 0 Å². The normalized spacial score (nSPS) is 25.5. The Kier molecular flexibility index (Phi) is 5.61. The molecule has 21 heavy (non-hydrogen) atoms. The Labute approximate surface area is 132 Å². The highest BCUT2D eigenvalue weighted by Crippen LogP contribution is 2.24. The molecule has 1 fully saturated rings. The Hall–Kier alpha value is -1.11. The Bertz CT molecular complexity index is 465. The van der Waals surface area contributed by atoms with E-state index in [1.54, 1.807) is 0 Å². The number of ether oxygens (including phenoxy) is 3. The summed E-state index contributed by atoms with van der Waals surface area (Å²) in [4.78, 5) is 11.0. The molecule has 1 aromatic carbocycles. The lowest BCUT2D eigenvalue weighted by atomic mass is 10.0. The van der Waals surface area contributed by atoms with Crippen molar-refractivity contribution in [3.8, 4) is 5.75 Å². The number of halogens is 1. The van der Waals surface area contributed by atoms with Gasteiger partial charge in [0.1, 0.15) is 5.75 Å². The van der Waals surface area contributed by atoms with Crippen molar-refractivity contribution in [1.29, 1.82) is 0 Å². The first-order valence-corrected chi connectivity index (χ1v) is 7.68. The summed E-state index contributed by atoms with van der Waals surface area (Å²) in [6.07, 6.45) is 1.75. The van der Waals surface area contributed by atoms with Crippen LogP contribution in [0, 0.1) is 5.92 Å². The Balaban J connectivity index is 1.64. The summed E-state index contributed by atoms with van der Waals surface area (Å²) in [5.74, 6) is -1.52. The van der Waals surface area contributed by atoms with Crippen LogP contribution in [0.15, 0.2) is 28.7 Å². The molecule has 1 aliphatic rings. The van der Waals surface area contributed by atoms with E-state index in [4.69, 9.17) is 19.3 Å². The standard InChI is InChI=1S/C15H19BrO5/c1-15(14(17)18)20-9-11(10-21-15)3-2-8-19-13-6-4-12(16)5-7-13/h4-7,11H,2-3,8-10H2,1H3,(H,17,18). The van der Waals surface area contributed by atoms with Gasteiger partial charge in [0.15, 0.2) is 0 Å². The zero-order valence-corrected chi connectivity index (χ0v) is 13.5. The van der Waals surface area contributed by atoms with E-state index in [2.05, 4.69) is 15.9 Å². The number of carboxylic acids is 1. The average Bonchev–Trinajstić information content (AvgIpc) is 2.47. The summed E-state index contributed by atoms with van der Waals surface area (Å²) in [6, 6.07) is 7.69. The summed E-state index contributed by atoms with van der Waals surface area (Å²) >= 11 is 3.37. The van der Waals surface area contributed by atoms with Crippen molar-refractivity contribution < 1.29 is 24.1 Å². The molecule has 116 valence electrons. The van der Waals surface area contributed by atoms with Gasteiger partial charge in [0.2, 0.25) is 0 Å². The molecule has 1 heterocycles. The van der Waals surface area contributed by atoms with Crippen LogP contribution in [0.5, 0.6) is 5.75 Å². The second kappa shape index (κ2) is 7.24. The molecule has 1 aliphatic heterocycles. The van der Waals surface area contributed by atoms with E-state index in [0.717, 1.165) is 23.1 Å². The molecule has 0 spiro atoms. The van der Waals surface area contributed by atoms with E-state index in [0.29, 0.717) is 19.8 Å². The zero-order chi connectivity index (χ0) is 15.3. The van der Waals surface area contributed by atoms with Crippen molar-refractivity contribution in [3.05, 3.63) is 28.7 Å². The van der Waals surface area contributed by atoms with Crippen molar-refractivity contribution in [2.75, 3.05) is 19.8 Å². The molecule has 1 saturated heterocycles. The molecule has 5 nitrogen and oxygen atoms in total. The fourth-order valence-electron chi connectivity index (χ4n) is 2.03. The highest BCUT2D eigenvalue weighted by atomic mass is 79.9. The van der Waals surface area contributed by atoms with Crippen molar-refractivity contribution >= 4 is 21.9 Å². The summed E-state index contributed by atoms with van der Waals surface area (Å²) in [5.41, 5.74) is 0. The smallest absolute Gasteiger partial charge is 0.364 e. The largest absolute Gasteiger partial charge is 0.494 e. The molecule has 0 bridgehead atoms. The molecule has 1 N–H and O–H groups in total. The van der Waals surface area contributed by atoms with E-state index < -0.39 is 11.8 Å². The third-order valence-electron chi connectivity index (χ3n) is 3.42. The van der Waals surface area contributed by atoms with Crippen LogP contribution >= 0.6 is 15.9 Å². The zero-order valence-electron chi connectivity index (χ0n) is 11.9. The predicted molar refractivity (Wildman–Crippen MR) is 80.3 cm³/mol. The lowest BCUT2D eigenvalue weighted by Crippen LogP contribution is -2.47. The molecule has 0 saturated carbocycles. The third-order valence-corrected chi connectivity index (χ3v) is 3.95. The molecular formula is C15H19BrO5. The SMILES string of the molecule is CC1(C(=O)O)OCC(CCCOc2ccc(Br)cc2)CO1. The van der Waals surface area contributed by atoms with Gasteiger partial charge in [-0.2, -0.15) is 0 Å². The second-order valence-electron chi connectivity index (χ2n) is 5.18. The van der Waals surface area contributed by atoms with Gasteiger partial charge >= 0.3 is 5.97 Å². The van der Waals surface area contributed by atoms with E-state index in [9.17, 15) is 4.79 Å². The summed E-state index contributed by atoms with van der Waals surface area (Å²) < 4.78 is 17.3. The van der Waals surface area contributed by atoms with Crippen molar-refractivity contribution in [1.82, 2.24) is 0 Å². The minimum absolute atomic E-state index is 0.214. The fourth-order valence-corrected chi connectivity index (χ4v) is 2.29. The van der Waals surface area contributed by atoms with Crippen LogP contribution < -0.4 is 4.74 Å². The predicted octanol–water partition coefficient (Wildman–Crippen LogP) is 3.07. The van der Waals surface area contributed by atoms with Gasteiger partial charge < -0.3 is 19.3 Å². The van der Waals surface area contributed by atoms with Crippen LogP contribution in [0.4, 0.5) is 0 Å². The van der Waals surface area contributed by atoms with Crippen LogP contribution in [0.2, 0.25) is 0 Å². The number of aliphatic carboxylic acids is 1. The lowest BCUT2D eigenvalue weighted by Gasteiger charge is -2.34. The van der Waals surface area contributed by atoms with Gasteiger partial charge in [-0.25, -0.2) is 4.79 Å². The lowest BCUT2D eigenvalue weighted by molar-refractivity contribution is -0.271. The highest BCUT2D eigenvalue weighted by molar-refractivity contribution is 9.10. The molecule has 6 heteroatoms. The minimum Gasteiger partial charge on any atom is -0.494 e. The van der Waals surface area contributed by atoms with Crippen LogP contribution in [0.3, 0.4) is 0 Å². The first kappa shape index (κ1) is 16.3. The van der Waals surface area contributed by atoms with Gasteiger partial charge in [0, 0.05) is 17.3 Å². The molecule has 0 aromatic heterocycles. The van der Waals surface area contributed by atoms with Gasteiger partial charge in [0.25, 0.3) is 5.79 Å². The number of hydrogen-bond donors (Lipinski definition) is 1. The summed E-state index contributed by atoms with van der Waals surface area (Å²) in [5, 5.41) is 8.97. The number of carboxylic acid groups (broad SMARTS) is 1. The quantitative estimate of drug-likeness (QED) is 0.791. The Morgan fingerprint density at radius 3 is 2.57 bits per heavy atom. The molecule has 2 rings (SSSR count). The van der Waals surface area contributed by atoms with Crippen LogP contribution in [-0.4, -0.2) is 36.7 Å². The number of hydrogen-bond acceptors (Lipinski definition) is 4. The van der Waals surface area contributed by atoms with Gasteiger partial charge in [0.05, 0.1) is 19.8 Å². The van der Waals surface area contributed by atoms with Crippen LogP contribution in [-0.2, 0) is 14.3 Å². The molecule has 0 atom stereocenters. The van der Waals surface area contributed by atoms with E-state index in [-0.39, 0.29) is 5.92 Å². The number of carbonyl (C=O) groups is 1. The minimum atomic E-state index is -1.50. The molecule has 1 aromatic rings. The maximum atomic E-state index is 11.0. The number of rotatable bonds is 6. The van der Waals surface area contributed by atoms with Gasteiger partial charge in [-0.3, -0.25) is 0 Å².